The van der Waals surface area contributed by atoms with Crippen LogP contribution in [0.5, 0.6) is 11.5 Å². The minimum Gasteiger partial charge on any atom is -0.493 e. The average Bonchev–Trinajstić information content (AvgIpc) is 2.60. The number of hydrogen-bond acceptors (Lipinski definition) is 4. The summed E-state index contributed by atoms with van der Waals surface area (Å²) in [6.45, 7) is 7.33. The molecule has 1 amide bonds. The van der Waals surface area contributed by atoms with Gasteiger partial charge in [0.05, 0.1) is 19.6 Å². The first-order chi connectivity index (χ1) is 11.6. The third-order valence-electron chi connectivity index (χ3n) is 4.32. The Morgan fingerprint density at radius 3 is 2.80 bits per heavy atom. The van der Waals surface area contributed by atoms with Crippen LogP contribution in [0.3, 0.4) is 0 Å². The molecule has 0 radical (unpaired) electrons. The van der Waals surface area contributed by atoms with E-state index in [1.165, 1.54) is 0 Å². The summed E-state index contributed by atoms with van der Waals surface area (Å²) in [5, 5.41) is 6.29. The maximum atomic E-state index is 12.2. The monoisotopic (exact) mass is 370 g/mol. The lowest BCUT2D eigenvalue weighted by Crippen LogP contribution is -2.40. The lowest BCUT2D eigenvalue weighted by Gasteiger charge is -2.22. The van der Waals surface area contributed by atoms with Crippen molar-refractivity contribution >= 4 is 18.3 Å². The van der Waals surface area contributed by atoms with E-state index >= 15 is 0 Å². The number of amides is 1. The molecule has 25 heavy (non-hydrogen) atoms. The van der Waals surface area contributed by atoms with Crippen LogP contribution in [0.25, 0.3) is 0 Å². The number of rotatable bonds is 8. The Labute approximate surface area is 157 Å². The SMILES string of the molecule is COc1cc(CNC(=O)C2CCCNC2)ccc1OCCC(C)C.Cl. The predicted octanol–water partition coefficient (Wildman–Crippen LogP) is 3.16. The Morgan fingerprint density at radius 2 is 2.16 bits per heavy atom. The standard InChI is InChI=1S/C19H30N2O3.ClH/c1-14(2)8-10-24-17-7-6-15(11-18(17)23-3)12-21-19(22)16-5-4-9-20-13-16;/h6-7,11,14,16,20H,4-5,8-10,12-13H2,1-3H3,(H,21,22);1H. The van der Waals surface area contributed by atoms with Gasteiger partial charge in [0.1, 0.15) is 0 Å². The van der Waals surface area contributed by atoms with Gasteiger partial charge in [-0.3, -0.25) is 4.79 Å². The van der Waals surface area contributed by atoms with Gasteiger partial charge < -0.3 is 20.1 Å². The first kappa shape index (κ1) is 21.6. The number of carbonyl (C=O) groups is 1. The molecule has 1 heterocycles. The van der Waals surface area contributed by atoms with E-state index in [4.69, 9.17) is 9.47 Å². The fraction of sp³-hybridized carbons (Fsp3) is 0.632. The largest absolute Gasteiger partial charge is 0.493 e. The lowest BCUT2D eigenvalue weighted by molar-refractivity contribution is -0.125. The van der Waals surface area contributed by atoms with Gasteiger partial charge in [0, 0.05) is 13.1 Å². The molecule has 0 spiro atoms. The average molecular weight is 371 g/mol. The second-order valence-corrected chi connectivity index (χ2v) is 6.78. The molecule has 2 N–H and O–H groups in total. The molecule has 0 aliphatic carbocycles. The van der Waals surface area contributed by atoms with Crippen LogP contribution in [-0.2, 0) is 11.3 Å². The first-order valence-electron chi connectivity index (χ1n) is 8.88. The van der Waals surface area contributed by atoms with Crippen molar-refractivity contribution in [2.75, 3.05) is 26.8 Å². The zero-order chi connectivity index (χ0) is 17.4. The van der Waals surface area contributed by atoms with Gasteiger partial charge in [-0.1, -0.05) is 19.9 Å². The van der Waals surface area contributed by atoms with Crippen LogP contribution in [0.15, 0.2) is 18.2 Å². The molecule has 1 atom stereocenters. The Morgan fingerprint density at radius 1 is 1.36 bits per heavy atom. The molecule has 0 aromatic heterocycles. The third-order valence-corrected chi connectivity index (χ3v) is 4.32. The molecule has 1 fully saturated rings. The Bertz CT molecular complexity index is 531. The van der Waals surface area contributed by atoms with Gasteiger partial charge in [-0.05, 0) is 49.4 Å². The number of halogens is 1. The van der Waals surface area contributed by atoms with E-state index in [9.17, 15) is 4.79 Å². The summed E-state index contributed by atoms with van der Waals surface area (Å²) in [6, 6.07) is 5.83. The number of ether oxygens (including phenoxy) is 2. The quantitative estimate of drug-likeness (QED) is 0.738. The van der Waals surface area contributed by atoms with Crippen molar-refractivity contribution in [1.82, 2.24) is 10.6 Å². The predicted molar refractivity (Wildman–Crippen MR) is 103 cm³/mol. The number of methoxy groups -OCH3 is 1. The number of benzene rings is 1. The summed E-state index contributed by atoms with van der Waals surface area (Å²) < 4.78 is 11.2. The number of piperidine rings is 1. The minimum atomic E-state index is 0. The number of carbonyl (C=O) groups excluding carboxylic acids is 1. The van der Waals surface area contributed by atoms with E-state index < -0.39 is 0 Å². The molecule has 1 saturated heterocycles. The van der Waals surface area contributed by atoms with Crippen molar-refractivity contribution in [3.05, 3.63) is 23.8 Å². The minimum absolute atomic E-state index is 0. The molecule has 142 valence electrons. The van der Waals surface area contributed by atoms with E-state index in [2.05, 4.69) is 24.5 Å². The van der Waals surface area contributed by atoms with Gasteiger partial charge >= 0.3 is 0 Å². The normalized spacial score (nSPS) is 16.9. The molecule has 2 rings (SSSR count). The molecule has 0 saturated carbocycles. The lowest BCUT2D eigenvalue weighted by atomic mass is 9.99. The van der Waals surface area contributed by atoms with Crippen molar-refractivity contribution in [2.24, 2.45) is 11.8 Å². The van der Waals surface area contributed by atoms with E-state index in [1.807, 2.05) is 18.2 Å². The fourth-order valence-electron chi connectivity index (χ4n) is 2.75. The number of nitrogens with one attached hydrogen (secondary N) is 2. The molecule has 1 aliphatic rings. The highest BCUT2D eigenvalue weighted by Gasteiger charge is 2.20. The molecule has 1 aliphatic heterocycles. The van der Waals surface area contributed by atoms with Crippen molar-refractivity contribution in [1.29, 1.82) is 0 Å². The molecule has 6 heteroatoms. The van der Waals surface area contributed by atoms with Crippen LogP contribution in [0.1, 0.15) is 38.7 Å². The van der Waals surface area contributed by atoms with Crippen molar-refractivity contribution in [3.8, 4) is 11.5 Å². The zero-order valence-corrected chi connectivity index (χ0v) is 16.3. The second-order valence-electron chi connectivity index (χ2n) is 6.78. The van der Waals surface area contributed by atoms with E-state index in [1.54, 1.807) is 7.11 Å². The van der Waals surface area contributed by atoms with E-state index in [0.29, 0.717) is 24.8 Å². The van der Waals surface area contributed by atoms with Gasteiger partial charge in [-0.2, -0.15) is 0 Å². The summed E-state index contributed by atoms with van der Waals surface area (Å²) in [5.41, 5.74) is 1.01. The van der Waals surface area contributed by atoms with Crippen LogP contribution in [0, 0.1) is 11.8 Å². The molecule has 0 bridgehead atoms. The van der Waals surface area contributed by atoms with Crippen LogP contribution in [0.2, 0.25) is 0 Å². The van der Waals surface area contributed by atoms with Gasteiger partial charge in [0.25, 0.3) is 0 Å². The van der Waals surface area contributed by atoms with Crippen molar-refractivity contribution < 1.29 is 14.3 Å². The van der Waals surface area contributed by atoms with Gasteiger partial charge in [0.2, 0.25) is 5.91 Å². The summed E-state index contributed by atoms with van der Waals surface area (Å²) in [5.74, 6) is 2.28. The topological polar surface area (TPSA) is 59.6 Å². The molecule has 1 aromatic carbocycles. The van der Waals surface area contributed by atoms with Crippen LogP contribution >= 0.6 is 12.4 Å². The summed E-state index contributed by atoms with van der Waals surface area (Å²) in [7, 11) is 1.64. The Kier molecular flexibility index (Phi) is 9.68. The smallest absolute Gasteiger partial charge is 0.224 e. The highest BCUT2D eigenvalue weighted by molar-refractivity contribution is 5.85. The van der Waals surface area contributed by atoms with Gasteiger partial charge in [0.15, 0.2) is 11.5 Å². The van der Waals surface area contributed by atoms with Crippen molar-refractivity contribution in [3.63, 3.8) is 0 Å². The zero-order valence-electron chi connectivity index (χ0n) is 15.5. The second kappa shape index (κ2) is 11.2. The van der Waals surface area contributed by atoms with Crippen LogP contribution < -0.4 is 20.1 Å². The van der Waals surface area contributed by atoms with Crippen molar-refractivity contribution in [2.45, 2.75) is 39.7 Å². The summed E-state index contributed by atoms with van der Waals surface area (Å²) in [6.07, 6.45) is 3.04. The third kappa shape index (κ3) is 7.12. The highest BCUT2D eigenvalue weighted by Crippen LogP contribution is 2.28. The first-order valence-corrected chi connectivity index (χ1v) is 8.88. The molecule has 1 unspecified atom stereocenters. The number of hydrogen-bond donors (Lipinski definition) is 2. The summed E-state index contributed by atoms with van der Waals surface area (Å²) in [4.78, 5) is 12.2. The van der Waals surface area contributed by atoms with Crippen LogP contribution in [-0.4, -0.2) is 32.7 Å². The van der Waals surface area contributed by atoms with Gasteiger partial charge in [-0.25, -0.2) is 0 Å². The molecule has 5 nitrogen and oxygen atoms in total. The Hall–Kier alpha value is -1.46. The Balaban J connectivity index is 0.00000312. The maximum absolute atomic E-state index is 12.2. The van der Waals surface area contributed by atoms with Gasteiger partial charge in [-0.15, -0.1) is 12.4 Å². The molecule has 1 aromatic rings. The van der Waals surface area contributed by atoms with E-state index in [-0.39, 0.29) is 24.2 Å². The maximum Gasteiger partial charge on any atom is 0.224 e. The summed E-state index contributed by atoms with van der Waals surface area (Å²) >= 11 is 0. The van der Waals surface area contributed by atoms with Crippen LogP contribution in [0.4, 0.5) is 0 Å². The van der Waals surface area contributed by atoms with E-state index in [0.717, 1.165) is 43.7 Å². The molecular weight excluding hydrogens is 340 g/mol. The molecular formula is C19H31ClN2O3. The highest BCUT2D eigenvalue weighted by atomic mass is 35.5. The fourth-order valence-corrected chi connectivity index (χ4v) is 2.75.